The lowest BCUT2D eigenvalue weighted by molar-refractivity contribution is -0.212. The summed E-state index contributed by atoms with van der Waals surface area (Å²) in [5.41, 5.74) is 0.732. The molecule has 0 N–H and O–H groups in total. The number of aryl methyl sites for hydroxylation is 2. The maximum atomic E-state index is 14.2. The van der Waals surface area contributed by atoms with Crippen molar-refractivity contribution >= 4 is 41.3 Å². The second-order valence-corrected chi connectivity index (χ2v) is 11.5. The minimum absolute atomic E-state index is 0.0739. The van der Waals surface area contributed by atoms with Gasteiger partial charge in [0.1, 0.15) is 29.9 Å². The van der Waals surface area contributed by atoms with Crippen LogP contribution in [0.2, 0.25) is 5.02 Å². The maximum Gasteiger partial charge on any atom is 0.303 e. The molecule has 1 aromatic heterocycles. The van der Waals surface area contributed by atoms with Crippen LogP contribution in [-0.2, 0) is 39.8 Å². The zero-order valence-electron chi connectivity index (χ0n) is 23.8. The van der Waals surface area contributed by atoms with E-state index in [0.29, 0.717) is 17.2 Å². The first-order chi connectivity index (χ1) is 20.4. The number of nitrogens with zero attached hydrogens (tertiary/aromatic N) is 3. The van der Waals surface area contributed by atoms with Crippen LogP contribution in [0.3, 0.4) is 0 Å². The van der Waals surface area contributed by atoms with Crippen LogP contribution < -0.4 is 0 Å². The Morgan fingerprint density at radius 1 is 1.02 bits per heavy atom. The van der Waals surface area contributed by atoms with Gasteiger partial charge in [-0.2, -0.15) is 0 Å². The first-order valence-corrected chi connectivity index (χ1v) is 14.7. The molecule has 5 atom stereocenters. The van der Waals surface area contributed by atoms with E-state index < -0.39 is 59.3 Å². The van der Waals surface area contributed by atoms with E-state index in [9.17, 15) is 23.2 Å². The third kappa shape index (κ3) is 8.30. The number of esters is 3. The summed E-state index contributed by atoms with van der Waals surface area (Å²) < 4.78 is 52.4. The predicted molar refractivity (Wildman–Crippen MR) is 153 cm³/mol. The van der Waals surface area contributed by atoms with E-state index in [4.69, 9.17) is 30.5 Å². The maximum absolute atomic E-state index is 14.2. The van der Waals surface area contributed by atoms with Crippen molar-refractivity contribution in [3.63, 3.8) is 0 Å². The molecule has 4 rings (SSSR count). The van der Waals surface area contributed by atoms with E-state index in [1.807, 2.05) is 12.1 Å². The topological polar surface area (TPSA) is 119 Å². The first-order valence-electron chi connectivity index (χ1n) is 13.3. The Morgan fingerprint density at radius 3 is 2.33 bits per heavy atom. The van der Waals surface area contributed by atoms with Crippen LogP contribution in [0.1, 0.15) is 37.9 Å². The molecule has 1 fully saturated rings. The van der Waals surface area contributed by atoms with Crippen LogP contribution in [0, 0.1) is 18.6 Å². The molecule has 1 aliphatic rings. The van der Waals surface area contributed by atoms with Gasteiger partial charge < -0.3 is 18.9 Å². The van der Waals surface area contributed by atoms with E-state index in [1.54, 1.807) is 12.1 Å². The molecule has 3 aromatic rings. The number of thioether (sulfide) groups is 1. The Labute approximate surface area is 256 Å². The third-order valence-corrected chi connectivity index (χ3v) is 7.98. The number of rotatable bonds is 10. The summed E-state index contributed by atoms with van der Waals surface area (Å²) in [5.74, 6) is -3.36. The van der Waals surface area contributed by atoms with Crippen molar-refractivity contribution < 1.29 is 42.1 Å². The number of halogens is 3. The fraction of sp³-hybridized carbons (Fsp3) is 0.414. The Balaban J connectivity index is 1.72. The van der Waals surface area contributed by atoms with Crippen LogP contribution in [0.15, 0.2) is 42.6 Å². The average Bonchev–Trinajstić information content (AvgIpc) is 3.42. The molecule has 0 bridgehead atoms. The minimum Gasteiger partial charge on any atom is -0.463 e. The highest BCUT2D eigenvalue weighted by atomic mass is 35.5. The van der Waals surface area contributed by atoms with Gasteiger partial charge in [-0.05, 0) is 54.5 Å². The molecule has 0 radical (unpaired) electrons. The zero-order chi connectivity index (χ0) is 31.3. The van der Waals surface area contributed by atoms with Crippen molar-refractivity contribution in [1.29, 1.82) is 0 Å². The van der Waals surface area contributed by atoms with Crippen molar-refractivity contribution in [3.8, 4) is 11.3 Å². The standard InChI is InChI=1S/C29H30ClF2N3O7S/c1-15-11-20(12-22(31)25(15)32)23-13-35(34-33-23)26-27(40-17(3)37)24(14-39-16(2)36)42-29(28(26)41-18(4)38)43-10-9-19-5-7-21(30)8-6-19/h5-8,11-13,24,26-29H,9-10,14H2,1-4H3/t24?,26?,27-,28?,29+/m0/s1. The number of carbonyl (C=O) groups excluding carboxylic acids is 3. The summed E-state index contributed by atoms with van der Waals surface area (Å²) in [6, 6.07) is 8.78. The number of benzene rings is 2. The van der Waals surface area contributed by atoms with E-state index >= 15 is 0 Å². The Hall–Kier alpha value is -3.55. The number of ether oxygens (including phenoxy) is 4. The highest BCUT2D eigenvalue weighted by molar-refractivity contribution is 7.99. The molecular formula is C29H30ClF2N3O7S. The molecule has 0 aliphatic carbocycles. The predicted octanol–water partition coefficient (Wildman–Crippen LogP) is 4.85. The third-order valence-electron chi connectivity index (χ3n) is 6.58. The van der Waals surface area contributed by atoms with Gasteiger partial charge in [0, 0.05) is 31.4 Å². The summed E-state index contributed by atoms with van der Waals surface area (Å²) in [6.07, 6.45) is -1.09. The number of hydrogen-bond acceptors (Lipinski definition) is 10. The molecule has 0 spiro atoms. The molecule has 43 heavy (non-hydrogen) atoms. The molecule has 1 saturated heterocycles. The molecule has 2 aromatic carbocycles. The lowest BCUT2D eigenvalue weighted by Crippen LogP contribution is -2.58. The van der Waals surface area contributed by atoms with Gasteiger partial charge in [0.05, 0.1) is 6.20 Å². The molecule has 230 valence electrons. The summed E-state index contributed by atoms with van der Waals surface area (Å²) in [4.78, 5) is 36.3. The Morgan fingerprint density at radius 2 is 1.70 bits per heavy atom. The number of hydrogen-bond donors (Lipinski definition) is 0. The van der Waals surface area contributed by atoms with Crippen LogP contribution >= 0.6 is 23.4 Å². The van der Waals surface area contributed by atoms with E-state index in [1.165, 1.54) is 56.4 Å². The SMILES string of the molecule is CC(=O)OCC1O[C@H](SCCc2ccc(Cl)cc2)C(OC(C)=O)C(n2cc(-c3cc(C)c(F)c(F)c3)nn2)[C@H]1OC(C)=O. The molecule has 14 heteroatoms. The molecular weight excluding hydrogens is 608 g/mol. The van der Waals surface area contributed by atoms with Crippen molar-refractivity contribution in [3.05, 3.63) is 70.4 Å². The van der Waals surface area contributed by atoms with Crippen LogP contribution in [0.25, 0.3) is 11.3 Å². The summed E-state index contributed by atoms with van der Waals surface area (Å²) in [6.45, 7) is 4.81. The van der Waals surface area contributed by atoms with Gasteiger partial charge in [0.25, 0.3) is 0 Å². The first kappa shape index (κ1) is 32.4. The molecule has 3 unspecified atom stereocenters. The minimum atomic E-state index is -1.14. The van der Waals surface area contributed by atoms with Gasteiger partial charge in [-0.25, -0.2) is 13.5 Å². The molecule has 0 amide bonds. The zero-order valence-corrected chi connectivity index (χ0v) is 25.4. The Kier molecular flexibility index (Phi) is 10.7. The van der Waals surface area contributed by atoms with Gasteiger partial charge in [0.15, 0.2) is 23.8 Å². The lowest BCUT2D eigenvalue weighted by Gasteiger charge is -2.44. The van der Waals surface area contributed by atoms with Crippen molar-refractivity contribution in [2.45, 2.75) is 63.9 Å². The van der Waals surface area contributed by atoms with Crippen molar-refractivity contribution in [2.75, 3.05) is 12.4 Å². The van der Waals surface area contributed by atoms with E-state index in [2.05, 4.69) is 10.3 Å². The Bertz CT molecular complexity index is 1450. The monoisotopic (exact) mass is 637 g/mol. The van der Waals surface area contributed by atoms with Crippen LogP contribution in [-0.4, -0.2) is 69.0 Å². The number of carbonyl (C=O) groups is 3. The highest BCUT2D eigenvalue weighted by Crippen LogP contribution is 2.39. The van der Waals surface area contributed by atoms with Gasteiger partial charge >= 0.3 is 17.9 Å². The summed E-state index contributed by atoms with van der Waals surface area (Å²) in [7, 11) is 0. The van der Waals surface area contributed by atoms with Gasteiger partial charge in [-0.1, -0.05) is 28.9 Å². The van der Waals surface area contributed by atoms with Crippen molar-refractivity contribution in [2.24, 2.45) is 0 Å². The smallest absolute Gasteiger partial charge is 0.303 e. The fourth-order valence-electron chi connectivity index (χ4n) is 4.69. The van der Waals surface area contributed by atoms with Gasteiger partial charge in [0.2, 0.25) is 0 Å². The largest absolute Gasteiger partial charge is 0.463 e. The average molecular weight is 638 g/mol. The second kappa shape index (κ2) is 14.3. The molecule has 10 nitrogen and oxygen atoms in total. The lowest BCUT2D eigenvalue weighted by atomic mass is 9.96. The molecule has 1 aliphatic heterocycles. The van der Waals surface area contributed by atoms with E-state index in [0.717, 1.165) is 11.6 Å². The number of aromatic nitrogens is 3. The van der Waals surface area contributed by atoms with Crippen molar-refractivity contribution in [1.82, 2.24) is 15.0 Å². The quantitative estimate of drug-likeness (QED) is 0.225. The summed E-state index contributed by atoms with van der Waals surface area (Å²) in [5, 5.41) is 8.94. The van der Waals surface area contributed by atoms with E-state index in [-0.39, 0.29) is 23.4 Å². The van der Waals surface area contributed by atoms with Crippen LogP contribution in [0.5, 0.6) is 0 Å². The van der Waals surface area contributed by atoms with Gasteiger partial charge in [-0.3, -0.25) is 14.4 Å². The summed E-state index contributed by atoms with van der Waals surface area (Å²) >= 11 is 7.34. The van der Waals surface area contributed by atoms with Gasteiger partial charge in [-0.15, -0.1) is 16.9 Å². The van der Waals surface area contributed by atoms with Crippen LogP contribution in [0.4, 0.5) is 8.78 Å². The second-order valence-electron chi connectivity index (χ2n) is 9.90. The fourth-order valence-corrected chi connectivity index (χ4v) is 6.03. The normalized spacial score (nSPS) is 21.7. The highest BCUT2D eigenvalue weighted by Gasteiger charge is 2.51. The molecule has 0 saturated carbocycles. The molecule has 2 heterocycles.